The first kappa shape index (κ1) is 20.0. The summed E-state index contributed by atoms with van der Waals surface area (Å²) in [5, 5.41) is 7.48. The zero-order valence-electron chi connectivity index (χ0n) is 17.4. The monoisotopic (exact) mass is 410 g/mol. The van der Waals surface area contributed by atoms with Gasteiger partial charge in [-0.2, -0.15) is 9.97 Å². The predicted octanol–water partition coefficient (Wildman–Crippen LogP) is 2.92. The van der Waals surface area contributed by atoms with Crippen LogP contribution in [0.2, 0.25) is 0 Å². The van der Waals surface area contributed by atoms with Crippen LogP contribution in [0.4, 0.5) is 17.5 Å². The number of hydrogen-bond acceptors (Lipinski definition) is 7. The van der Waals surface area contributed by atoms with Crippen molar-refractivity contribution < 1.29 is 14.3 Å². The molecule has 0 unspecified atom stereocenters. The van der Waals surface area contributed by atoms with Crippen LogP contribution in [0, 0.1) is 6.92 Å². The van der Waals surface area contributed by atoms with Gasteiger partial charge in [0, 0.05) is 31.4 Å². The Labute approximate surface area is 174 Å². The summed E-state index contributed by atoms with van der Waals surface area (Å²) < 4.78 is 10.9. The standard InChI is InChI=1S/C21H26N6O3/c1-4-22-18-17-13(2)12-23-19(17)26-21(25-18)24-15-6-5-14(11-16(15)29-3)20(28)27-7-9-30-10-8-27/h5-6,11-12H,4,7-10H2,1-3H3,(H3,22,23,24,25,26). The summed E-state index contributed by atoms with van der Waals surface area (Å²) >= 11 is 0. The summed E-state index contributed by atoms with van der Waals surface area (Å²) in [5.41, 5.74) is 3.08. The topological polar surface area (TPSA) is 104 Å². The minimum atomic E-state index is -0.0305. The van der Waals surface area contributed by atoms with Gasteiger partial charge in [0.1, 0.15) is 17.2 Å². The van der Waals surface area contributed by atoms with Crippen LogP contribution in [-0.4, -0.2) is 65.7 Å². The van der Waals surface area contributed by atoms with E-state index in [9.17, 15) is 4.79 Å². The van der Waals surface area contributed by atoms with Crippen molar-refractivity contribution in [2.24, 2.45) is 0 Å². The number of hydrogen-bond donors (Lipinski definition) is 3. The first-order valence-corrected chi connectivity index (χ1v) is 10.0. The Kier molecular flexibility index (Phi) is 5.71. The lowest BCUT2D eigenvalue weighted by atomic mass is 10.1. The number of fused-ring (bicyclic) bond motifs is 1. The maximum absolute atomic E-state index is 12.8. The van der Waals surface area contributed by atoms with Gasteiger partial charge >= 0.3 is 0 Å². The highest BCUT2D eigenvalue weighted by molar-refractivity contribution is 5.96. The van der Waals surface area contributed by atoms with Gasteiger partial charge in [-0.15, -0.1) is 0 Å². The lowest BCUT2D eigenvalue weighted by molar-refractivity contribution is 0.0302. The van der Waals surface area contributed by atoms with Crippen molar-refractivity contribution in [1.82, 2.24) is 19.9 Å². The molecule has 1 saturated heterocycles. The Bertz CT molecular complexity index is 1060. The molecular weight excluding hydrogens is 384 g/mol. The largest absolute Gasteiger partial charge is 0.495 e. The number of H-pyrrole nitrogens is 1. The Balaban J connectivity index is 1.62. The number of nitrogens with zero attached hydrogens (tertiary/aromatic N) is 3. The molecule has 1 fully saturated rings. The van der Waals surface area contributed by atoms with Crippen molar-refractivity contribution in [2.75, 3.05) is 50.6 Å². The number of benzene rings is 1. The summed E-state index contributed by atoms with van der Waals surface area (Å²) in [5.74, 6) is 1.72. The van der Waals surface area contributed by atoms with Crippen LogP contribution in [0.25, 0.3) is 11.0 Å². The van der Waals surface area contributed by atoms with Gasteiger partial charge in [0.2, 0.25) is 5.95 Å². The predicted molar refractivity (Wildman–Crippen MR) is 116 cm³/mol. The third-order valence-electron chi connectivity index (χ3n) is 5.07. The van der Waals surface area contributed by atoms with E-state index < -0.39 is 0 Å². The van der Waals surface area contributed by atoms with Gasteiger partial charge in [-0.1, -0.05) is 0 Å². The average molecular weight is 410 g/mol. The fourth-order valence-corrected chi connectivity index (χ4v) is 3.54. The summed E-state index contributed by atoms with van der Waals surface area (Å²) in [6.45, 7) is 7.11. The van der Waals surface area contributed by atoms with E-state index in [4.69, 9.17) is 9.47 Å². The molecule has 0 radical (unpaired) electrons. The number of carbonyl (C=O) groups is 1. The SMILES string of the molecule is CCNc1nc(Nc2ccc(C(=O)N3CCOCC3)cc2OC)nc2[nH]cc(C)c12. The molecule has 1 aliphatic rings. The minimum absolute atomic E-state index is 0.0305. The fourth-order valence-electron chi connectivity index (χ4n) is 3.54. The van der Waals surface area contributed by atoms with Crippen LogP contribution in [0.15, 0.2) is 24.4 Å². The number of anilines is 3. The lowest BCUT2D eigenvalue weighted by Gasteiger charge is -2.27. The van der Waals surface area contributed by atoms with Gasteiger partial charge in [-0.05, 0) is 37.6 Å². The number of methoxy groups -OCH3 is 1. The summed E-state index contributed by atoms with van der Waals surface area (Å²) in [7, 11) is 1.58. The van der Waals surface area contributed by atoms with Crippen molar-refractivity contribution >= 4 is 34.4 Å². The lowest BCUT2D eigenvalue weighted by Crippen LogP contribution is -2.40. The number of carbonyl (C=O) groups excluding carboxylic acids is 1. The summed E-state index contributed by atoms with van der Waals surface area (Å²) in [6, 6.07) is 5.33. The number of aromatic nitrogens is 3. The molecule has 158 valence electrons. The first-order valence-electron chi connectivity index (χ1n) is 10.0. The van der Waals surface area contributed by atoms with E-state index in [0.717, 1.165) is 29.0 Å². The van der Waals surface area contributed by atoms with E-state index in [2.05, 4.69) is 25.6 Å². The third-order valence-corrected chi connectivity index (χ3v) is 5.07. The van der Waals surface area contributed by atoms with Crippen LogP contribution >= 0.6 is 0 Å². The zero-order valence-corrected chi connectivity index (χ0v) is 17.4. The van der Waals surface area contributed by atoms with Crippen molar-refractivity contribution in [3.63, 3.8) is 0 Å². The maximum Gasteiger partial charge on any atom is 0.254 e. The van der Waals surface area contributed by atoms with Crippen molar-refractivity contribution in [3.05, 3.63) is 35.5 Å². The molecule has 3 heterocycles. The second-order valence-corrected chi connectivity index (χ2v) is 7.07. The molecule has 0 saturated carbocycles. The highest BCUT2D eigenvalue weighted by Gasteiger charge is 2.20. The van der Waals surface area contributed by atoms with Crippen LogP contribution in [0.5, 0.6) is 5.75 Å². The first-order chi connectivity index (χ1) is 14.6. The highest BCUT2D eigenvalue weighted by atomic mass is 16.5. The molecule has 3 aromatic rings. The zero-order chi connectivity index (χ0) is 21.1. The molecule has 9 heteroatoms. The van der Waals surface area contributed by atoms with Crippen LogP contribution in [-0.2, 0) is 4.74 Å². The van der Waals surface area contributed by atoms with E-state index >= 15 is 0 Å². The van der Waals surface area contributed by atoms with Crippen LogP contribution in [0.3, 0.4) is 0 Å². The normalized spacial score (nSPS) is 14.0. The number of aromatic amines is 1. The van der Waals surface area contributed by atoms with Gasteiger partial charge in [0.25, 0.3) is 5.91 Å². The number of aryl methyl sites for hydroxylation is 1. The van der Waals surface area contributed by atoms with E-state index in [-0.39, 0.29) is 5.91 Å². The molecule has 9 nitrogen and oxygen atoms in total. The molecule has 0 aliphatic carbocycles. The smallest absolute Gasteiger partial charge is 0.254 e. The molecule has 1 aliphatic heterocycles. The van der Waals surface area contributed by atoms with Gasteiger partial charge in [-0.25, -0.2) is 0 Å². The molecule has 0 bridgehead atoms. The number of nitrogens with one attached hydrogen (secondary N) is 3. The van der Waals surface area contributed by atoms with Crippen LogP contribution < -0.4 is 15.4 Å². The Hall–Kier alpha value is -3.33. The summed E-state index contributed by atoms with van der Waals surface area (Å²) in [4.78, 5) is 26.9. The molecule has 2 aromatic heterocycles. The quantitative estimate of drug-likeness (QED) is 0.574. The van der Waals surface area contributed by atoms with Gasteiger partial charge < -0.3 is 30.0 Å². The minimum Gasteiger partial charge on any atom is -0.495 e. The number of morpholine rings is 1. The van der Waals surface area contributed by atoms with Crippen molar-refractivity contribution in [2.45, 2.75) is 13.8 Å². The second kappa shape index (κ2) is 8.58. The highest BCUT2D eigenvalue weighted by Crippen LogP contribution is 2.31. The number of rotatable bonds is 6. The number of amides is 1. The van der Waals surface area contributed by atoms with Crippen molar-refractivity contribution in [1.29, 1.82) is 0 Å². The molecule has 0 atom stereocenters. The van der Waals surface area contributed by atoms with Gasteiger partial charge in [-0.3, -0.25) is 4.79 Å². The Morgan fingerprint density at radius 3 is 2.83 bits per heavy atom. The van der Waals surface area contributed by atoms with E-state index in [1.807, 2.05) is 26.1 Å². The molecule has 4 rings (SSSR count). The van der Waals surface area contributed by atoms with Gasteiger partial charge in [0.05, 0.1) is 31.4 Å². The molecule has 30 heavy (non-hydrogen) atoms. The average Bonchev–Trinajstić information content (AvgIpc) is 3.15. The van der Waals surface area contributed by atoms with Crippen LogP contribution in [0.1, 0.15) is 22.8 Å². The molecule has 3 N–H and O–H groups in total. The van der Waals surface area contributed by atoms with Crippen molar-refractivity contribution in [3.8, 4) is 5.75 Å². The fraction of sp³-hybridized carbons (Fsp3) is 0.381. The molecule has 1 amide bonds. The molecule has 1 aromatic carbocycles. The summed E-state index contributed by atoms with van der Waals surface area (Å²) in [6.07, 6.45) is 1.91. The Morgan fingerprint density at radius 1 is 1.30 bits per heavy atom. The Morgan fingerprint density at radius 2 is 2.10 bits per heavy atom. The third kappa shape index (κ3) is 3.88. The van der Waals surface area contributed by atoms with E-state index in [0.29, 0.717) is 49.3 Å². The molecular formula is C21H26N6O3. The second-order valence-electron chi connectivity index (χ2n) is 7.07. The van der Waals surface area contributed by atoms with E-state index in [1.54, 1.807) is 24.1 Å². The maximum atomic E-state index is 12.8. The van der Waals surface area contributed by atoms with Gasteiger partial charge in [0.15, 0.2) is 0 Å². The van der Waals surface area contributed by atoms with E-state index in [1.165, 1.54) is 0 Å². The molecule has 0 spiro atoms. The number of ether oxygens (including phenoxy) is 2.